The summed E-state index contributed by atoms with van der Waals surface area (Å²) in [6, 6.07) is 11.9. The van der Waals surface area contributed by atoms with E-state index in [0.29, 0.717) is 16.8 Å². The first kappa shape index (κ1) is 21.6. The van der Waals surface area contributed by atoms with Gasteiger partial charge in [-0.1, -0.05) is 0 Å². The van der Waals surface area contributed by atoms with E-state index in [1.807, 2.05) is 0 Å². The number of hydrogen-bond donors (Lipinski definition) is 1. The van der Waals surface area contributed by atoms with Gasteiger partial charge < -0.3 is 10.1 Å². The van der Waals surface area contributed by atoms with Crippen LogP contribution >= 0.6 is 0 Å². The molecule has 0 bridgehead atoms. The smallest absolute Gasteiger partial charge is 0.338 e. The molecule has 2 rings (SSSR count). The number of rotatable bonds is 7. The molecule has 8 heteroatoms. The maximum atomic E-state index is 12.5. The Morgan fingerprint density at radius 2 is 1.54 bits per heavy atom. The van der Waals surface area contributed by atoms with Gasteiger partial charge in [-0.3, -0.25) is 4.79 Å². The quantitative estimate of drug-likeness (QED) is 0.716. The van der Waals surface area contributed by atoms with E-state index in [1.165, 1.54) is 35.6 Å². The van der Waals surface area contributed by atoms with E-state index in [4.69, 9.17) is 4.74 Å². The number of sulfonamides is 1. The van der Waals surface area contributed by atoms with Crippen molar-refractivity contribution in [2.24, 2.45) is 0 Å². The molecule has 1 N–H and O–H groups in total. The molecule has 0 saturated carbocycles. The van der Waals surface area contributed by atoms with Crippen LogP contribution in [-0.2, 0) is 14.8 Å². The highest BCUT2D eigenvalue weighted by molar-refractivity contribution is 7.89. The molecule has 0 atom stereocenters. The van der Waals surface area contributed by atoms with Gasteiger partial charge in [0.05, 0.1) is 17.1 Å². The lowest BCUT2D eigenvalue weighted by atomic mass is 10.2. The van der Waals surface area contributed by atoms with E-state index >= 15 is 0 Å². The summed E-state index contributed by atoms with van der Waals surface area (Å²) in [7, 11) is -2.09. The molecular formula is C20H24N2O5S. The molecule has 0 aliphatic rings. The number of benzene rings is 2. The van der Waals surface area contributed by atoms with E-state index in [1.54, 1.807) is 45.0 Å². The molecule has 0 saturated heterocycles. The first-order chi connectivity index (χ1) is 13.2. The Hall–Kier alpha value is -2.71. The minimum atomic E-state index is -3.60. The summed E-state index contributed by atoms with van der Waals surface area (Å²) in [6.07, 6.45) is 0. The second-order valence-electron chi connectivity index (χ2n) is 6.39. The Morgan fingerprint density at radius 1 is 1.00 bits per heavy atom. The Kier molecular flexibility index (Phi) is 6.93. The average Bonchev–Trinajstić information content (AvgIpc) is 2.68. The Balaban J connectivity index is 2.10. The van der Waals surface area contributed by atoms with Crippen molar-refractivity contribution in [1.82, 2.24) is 4.31 Å². The van der Waals surface area contributed by atoms with Crippen LogP contribution in [0.3, 0.4) is 0 Å². The van der Waals surface area contributed by atoms with Crippen molar-refractivity contribution in [3.63, 3.8) is 0 Å². The number of nitrogens with one attached hydrogen (secondary N) is 1. The van der Waals surface area contributed by atoms with Gasteiger partial charge in [0.15, 0.2) is 0 Å². The van der Waals surface area contributed by atoms with Crippen LogP contribution in [0.1, 0.15) is 41.5 Å². The Bertz CT molecular complexity index is 936. The van der Waals surface area contributed by atoms with Crippen molar-refractivity contribution < 1.29 is 22.7 Å². The molecule has 1 amide bonds. The van der Waals surface area contributed by atoms with Crippen LogP contribution in [0.15, 0.2) is 53.4 Å². The first-order valence-corrected chi connectivity index (χ1v) is 10.3. The molecule has 7 nitrogen and oxygen atoms in total. The summed E-state index contributed by atoms with van der Waals surface area (Å²) in [5.41, 5.74) is 1.22. The van der Waals surface area contributed by atoms with Gasteiger partial charge >= 0.3 is 5.97 Å². The monoisotopic (exact) mass is 404 g/mol. The molecular weight excluding hydrogens is 380 g/mol. The normalized spacial score (nSPS) is 11.5. The van der Waals surface area contributed by atoms with E-state index in [9.17, 15) is 18.0 Å². The summed E-state index contributed by atoms with van der Waals surface area (Å²) in [5.74, 6) is -0.811. The molecule has 0 spiro atoms. The number of carbonyl (C=O) groups is 2. The summed E-state index contributed by atoms with van der Waals surface area (Å²) in [5, 5.41) is 2.70. The van der Waals surface area contributed by atoms with Crippen molar-refractivity contribution >= 4 is 27.6 Å². The predicted molar refractivity (Wildman–Crippen MR) is 107 cm³/mol. The highest BCUT2D eigenvalue weighted by atomic mass is 32.2. The molecule has 0 aliphatic carbocycles. The molecule has 0 aromatic heterocycles. The molecule has 150 valence electrons. The third-order valence-corrected chi connectivity index (χ3v) is 6.22. The summed E-state index contributed by atoms with van der Waals surface area (Å²) >= 11 is 0. The topological polar surface area (TPSA) is 92.8 Å². The van der Waals surface area contributed by atoms with Crippen LogP contribution < -0.4 is 5.32 Å². The van der Waals surface area contributed by atoms with Crippen LogP contribution in [0, 0.1) is 0 Å². The largest absolute Gasteiger partial charge is 0.462 e. The predicted octanol–water partition coefficient (Wildman–Crippen LogP) is 3.14. The average molecular weight is 404 g/mol. The van der Waals surface area contributed by atoms with Crippen LogP contribution in [0.4, 0.5) is 5.69 Å². The van der Waals surface area contributed by atoms with Gasteiger partial charge in [-0.05, 0) is 69.3 Å². The lowest BCUT2D eigenvalue weighted by Crippen LogP contribution is -2.33. The summed E-state index contributed by atoms with van der Waals surface area (Å²) < 4.78 is 31.1. The third kappa shape index (κ3) is 4.96. The molecule has 2 aromatic carbocycles. The van der Waals surface area contributed by atoms with E-state index < -0.39 is 16.0 Å². The maximum Gasteiger partial charge on any atom is 0.338 e. The highest BCUT2D eigenvalue weighted by Crippen LogP contribution is 2.18. The van der Waals surface area contributed by atoms with Gasteiger partial charge in [-0.25, -0.2) is 13.2 Å². The second-order valence-corrected chi connectivity index (χ2v) is 8.39. The number of amides is 1. The number of carbonyl (C=O) groups excluding carboxylic acids is 2. The number of hydrogen-bond acceptors (Lipinski definition) is 5. The zero-order chi connectivity index (χ0) is 20.9. The van der Waals surface area contributed by atoms with Crippen molar-refractivity contribution in [3.05, 3.63) is 59.7 Å². The van der Waals surface area contributed by atoms with Gasteiger partial charge in [0.1, 0.15) is 0 Å². The maximum absolute atomic E-state index is 12.5. The zero-order valence-corrected chi connectivity index (χ0v) is 17.1. The SMILES string of the molecule is CCOC(=O)c1ccc(NC(=O)c2ccc(S(=O)(=O)N(C)C(C)C)cc2)cc1. The minimum Gasteiger partial charge on any atom is -0.462 e. The van der Waals surface area contributed by atoms with Crippen molar-refractivity contribution in [3.8, 4) is 0 Å². The van der Waals surface area contributed by atoms with E-state index in [0.717, 1.165) is 0 Å². The van der Waals surface area contributed by atoms with E-state index in [2.05, 4.69) is 5.32 Å². The lowest BCUT2D eigenvalue weighted by molar-refractivity contribution is 0.0526. The fourth-order valence-electron chi connectivity index (χ4n) is 2.33. The Labute approximate surface area is 165 Å². The fraction of sp³-hybridized carbons (Fsp3) is 0.300. The van der Waals surface area contributed by atoms with Crippen molar-refractivity contribution in [2.45, 2.75) is 31.7 Å². The van der Waals surface area contributed by atoms with Crippen LogP contribution in [0.2, 0.25) is 0 Å². The number of nitrogens with zero attached hydrogens (tertiary/aromatic N) is 1. The van der Waals surface area contributed by atoms with Gasteiger partial charge in [0.2, 0.25) is 10.0 Å². The van der Waals surface area contributed by atoms with Crippen LogP contribution in [0.25, 0.3) is 0 Å². The van der Waals surface area contributed by atoms with Crippen molar-refractivity contribution in [2.75, 3.05) is 19.0 Å². The molecule has 0 fully saturated rings. The zero-order valence-electron chi connectivity index (χ0n) is 16.3. The van der Waals surface area contributed by atoms with Crippen LogP contribution in [0.5, 0.6) is 0 Å². The molecule has 0 radical (unpaired) electrons. The summed E-state index contributed by atoms with van der Waals surface area (Å²) in [6.45, 7) is 5.58. The first-order valence-electron chi connectivity index (χ1n) is 8.83. The molecule has 0 heterocycles. The molecule has 28 heavy (non-hydrogen) atoms. The third-order valence-electron chi connectivity index (χ3n) is 4.17. The lowest BCUT2D eigenvalue weighted by Gasteiger charge is -2.21. The number of esters is 1. The highest BCUT2D eigenvalue weighted by Gasteiger charge is 2.23. The van der Waals surface area contributed by atoms with Gasteiger partial charge in [-0.2, -0.15) is 4.31 Å². The Morgan fingerprint density at radius 3 is 2.04 bits per heavy atom. The standard InChI is InChI=1S/C20H24N2O5S/c1-5-27-20(24)16-6-10-17(11-7-16)21-19(23)15-8-12-18(13-9-15)28(25,26)22(4)14(2)3/h6-14H,5H2,1-4H3,(H,21,23). The van der Waals surface area contributed by atoms with Gasteiger partial charge in [0, 0.05) is 24.3 Å². The minimum absolute atomic E-state index is 0.124. The molecule has 0 unspecified atom stereocenters. The summed E-state index contributed by atoms with van der Waals surface area (Å²) in [4.78, 5) is 24.1. The molecule has 0 aliphatic heterocycles. The van der Waals surface area contributed by atoms with Crippen molar-refractivity contribution in [1.29, 1.82) is 0 Å². The number of anilines is 1. The fourth-order valence-corrected chi connectivity index (χ4v) is 3.70. The molecule has 2 aromatic rings. The van der Waals surface area contributed by atoms with E-state index in [-0.39, 0.29) is 23.5 Å². The van der Waals surface area contributed by atoms with Crippen LogP contribution in [-0.4, -0.2) is 44.3 Å². The number of ether oxygens (including phenoxy) is 1. The van der Waals surface area contributed by atoms with Gasteiger partial charge in [-0.15, -0.1) is 0 Å². The second kappa shape index (κ2) is 8.99. The van der Waals surface area contributed by atoms with Gasteiger partial charge in [0.25, 0.3) is 5.91 Å².